The van der Waals surface area contributed by atoms with Crippen LogP contribution < -0.4 is 11.3 Å². The van der Waals surface area contributed by atoms with Crippen molar-refractivity contribution in [3.63, 3.8) is 0 Å². The van der Waals surface area contributed by atoms with Gasteiger partial charge in [-0.15, -0.1) is 0 Å². The second kappa shape index (κ2) is 6.30. The van der Waals surface area contributed by atoms with Crippen LogP contribution in [0.5, 0.6) is 0 Å². The third kappa shape index (κ3) is 3.53. The Labute approximate surface area is 109 Å². The van der Waals surface area contributed by atoms with Crippen molar-refractivity contribution in [2.45, 2.75) is 45.1 Å². The Hall–Kier alpha value is -0.930. The molecule has 0 spiro atoms. The Balaban J connectivity index is 2.00. The predicted molar refractivity (Wildman–Crippen MR) is 72.3 cm³/mol. The number of hydrogen-bond donors (Lipinski definition) is 2. The summed E-state index contributed by atoms with van der Waals surface area (Å²) < 4.78 is 13.2. The zero-order chi connectivity index (χ0) is 13.0. The first-order chi connectivity index (χ1) is 8.69. The van der Waals surface area contributed by atoms with Crippen molar-refractivity contribution in [2.24, 2.45) is 17.7 Å². The summed E-state index contributed by atoms with van der Waals surface area (Å²) in [4.78, 5) is 0. The molecule has 3 atom stereocenters. The molecular weight excluding hydrogens is 227 g/mol. The molecule has 100 valence electrons. The van der Waals surface area contributed by atoms with Gasteiger partial charge in [0.25, 0.3) is 0 Å². The van der Waals surface area contributed by atoms with Crippen molar-refractivity contribution >= 4 is 0 Å². The van der Waals surface area contributed by atoms with Crippen molar-refractivity contribution < 1.29 is 4.39 Å². The van der Waals surface area contributed by atoms with E-state index in [4.69, 9.17) is 5.84 Å². The molecule has 0 radical (unpaired) electrons. The van der Waals surface area contributed by atoms with Crippen molar-refractivity contribution in [2.75, 3.05) is 0 Å². The number of rotatable bonds is 4. The molecule has 0 aliphatic heterocycles. The van der Waals surface area contributed by atoms with E-state index in [0.29, 0.717) is 5.92 Å². The van der Waals surface area contributed by atoms with Crippen LogP contribution in [0.15, 0.2) is 24.3 Å². The first-order valence-corrected chi connectivity index (χ1v) is 6.89. The van der Waals surface area contributed by atoms with Gasteiger partial charge in [-0.1, -0.05) is 31.9 Å². The molecule has 1 saturated carbocycles. The van der Waals surface area contributed by atoms with E-state index >= 15 is 0 Å². The van der Waals surface area contributed by atoms with Crippen LogP contribution in [0, 0.1) is 17.7 Å². The van der Waals surface area contributed by atoms with E-state index in [-0.39, 0.29) is 11.9 Å². The van der Waals surface area contributed by atoms with Gasteiger partial charge < -0.3 is 0 Å². The average Bonchev–Trinajstić information content (AvgIpc) is 2.36. The zero-order valence-electron chi connectivity index (χ0n) is 11.0. The van der Waals surface area contributed by atoms with Crippen molar-refractivity contribution in [3.05, 3.63) is 35.6 Å². The van der Waals surface area contributed by atoms with E-state index in [1.807, 2.05) is 6.07 Å². The maximum atomic E-state index is 13.2. The molecule has 2 rings (SSSR count). The van der Waals surface area contributed by atoms with Gasteiger partial charge in [-0.25, -0.2) is 4.39 Å². The zero-order valence-corrected chi connectivity index (χ0v) is 11.0. The van der Waals surface area contributed by atoms with Crippen molar-refractivity contribution in [3.8, 4) is 0 Å². The monoisotopic (exact) mass is 250 g/mol. The molecule has 3 N–H and O–H groups in total. The van der Waals surface area contributed by atoms with Gasteiger partial charge in [-0.2, -0.15) is 0 Å². The molecule has 0 saturated heterocycles. The standard InChI is InChI=1S/C15H23FN2/c1-11-4-2-6-13(8-11)15(18-17)10-12-5-3-7-14(16)9-12/h3,5,7,9,11,13,15,18H,2,4,6,8,10,17H2,1H3. The second-order valence-electron chi connectivity index (χ2n) is 5.64. The van der Waals surface area contributed by atoms with Gasteiger partial charge in [-0.3, -0.25) is 11.3 Å². The first kappa shape index (κ1) is 13.5. The lowest BCUT2D eigenvalue weighted by Crippen LogP contribution is -2.43. The SMILES string of the molecule is CC1CCCC(C(Cc2cccc(F)c2)NN)C1. The second-order valence-corrected chi connectivity index (χ2v) is 5.64. The number of hydrogen-bond acceptors (Lipinski definition) is 2. The third-order valence-corrected chi connectivity index (χ3v) is 4.10. The maximum absolute atomic E-state index is 13.2. The van der Waals surface area contributed by atoms with Crippen LogP contribution in [0.4, 0.5) is 4.39 Å². The van der Waals surface area contributed by atoms with Crippen LogP contribution in [0.3, 0.4) is 0 Å². The molecule has 1 aliphatic rings. The molecule has 2 nitrogen and oxygen atoms in total. The summed E-state index contributed by atoms with van der Waals surface area (Å²) in [7, 11) is 0. The summed E-state index contributed by atoms with van der Waals surface area (Å²) in [6.07, 6.45) is 5.88. The molecule has 0 amide bonds. The maximum Gasteiger partial charge on any atom is 0.123 e. The van der Waals surface area contributed by atoms with E-state index in [9.17, 15) is 4.39 Å². The van der Waals surface area contributed by atoms with Gasteiger partial charge in [0.15, 0.2) is 0 Å². The third-order valence-electron chi connectivity index (χ3n) is 4.10. The van der Waals surface area contributed by atoms with Crippen LogP contribution in [0.1, 0.15) is 38.2 Å². The lowest BCUT2D eigenvalue weighted by atomic mass is 9.77. The van der Waals surface area contributed by atoms with Gasteiger partial charge in [-0.05, 0) is 48.8 Å². The van der Waals surface area contributed by atoms with Crippen molar-refractivity contribution in [1.29, 1.82) is 0 Å². The highest BCUT2D eigenvalue weighted by Crippen LogP contribution is 2.31. The lowest BCUT2D eigenvalue weighted by Gasteiger charge is -2.33. The molecule has 0 aromatic heterocycles. The van der Waals surface area contributed by atoms with E-state index in [2.05, 4.69) is 12.3 Å². The highest BCUT2D eigenvalue weighted by atomic mass is 19.1. The summed E-state index contributed by atoms with van der Waals surface area (Å²) in [6.45, 7) is 2.31. The molecule has 3 heteroatoms. The van der Waals surface area contributed by atoms with E-state index in [0.717, 1.165) is 17.9 Å². The van der Waals surface area contributed by atoms with Gasteiger partial charge in [0.05, 0.1) is 0 Å². The Morgan fingerprint density at radius 2 is 2.28 bits per heavy atom. The lowest BCUT2D eigenvalue weighted by molar-refractivity contribution is 0.222. The molecule has 1 aliphatic carbocycles. The fraction of sp³-hybridized carbons (Fsp3) is 0.600. The highest BCUT2D eigenvalue weighted by Gasteiger charge is 2.26. The summed E-state index contributed by atoms with van der Waals surface area (Å²) in [6, 6.07) is 7.09. The number of hydrazine groups is 1. The van der Waals surface area contributed by atoms with Crippen LogP contribution in [0.2, 0.25) is 0 Å². The van der Waals surface area contributed by atoms with Crippen LogP contribution in [-0.2, 0) is 6.42 Å². The molecule has 0 bridgehead atoms. The van der Waals surface area contributed by atoms with E-state index in [1.54, 1.807) is 12.1 Å². The smallest absolute Gasteiger partial charge is 0.123 e. The highest BCUT2D eigenvalue weighted by molar-refractivity contribution is 5.17. The minimum absolute atomic E-state index is 0.166. The molecule has 1 aromatic rings. The molecule has 1 fully saturated rings. The quantitative estimate of drug-likeness (QED) is 0.637. The normalized spacial score (nSPS) is 25.9. The Bertz CT molecular complexity index is 381. The average molecular weight is 250 g/mol. The largest absolute Gasteiger partial charge is 0.271 e. The molecule has 18 heavy (non-hydrogen) atoms. The minimum Gasteiger partial charge on any atom is -0.271 e. The minimum atomic E-state index is -0.166. The topological polar surface area (TPSA) is 38.0 Å². The number of halogens is 1. The fourth-order valence-electron chi connectivity index (χ4n) is 3.13. The van der Waals surface area contributed by atoms with Crippen LogP contribution in [0.25, 0.3) is 0 Å². The van der Waals surface area contributed by atoms with Gasteiger partial charge in [0, 0.05) is 6.04 Å². The van der Waals surface area contributed by atoms with Crippen LogP contribution >= 0.6 is 0 Å². The van der Waals surface area contributed by atoms with Gasteiger partial charge in [0.2, 0.25) is 0 Å². The number of benzene rings is 1. The molecule has 1 aromatic carbocycles. The summed E-state index contributed by atoms with van der Waals surface area (Å²) in [5, 5.41) is 0. The molecular formula is C15H23FN2. The van der Waals surface area contributed by atoms with E-state index in [1.165, 1.54) is 31.7 Å². The Morgan fingerprint density at radius 1 is 1.44 bits per heavy atom. The fourth-order valence-corrected chi connectivity index (χ4v) is 3.13. The van der Waals surface area contributed by atoms with Gasteiger partial charge in [0.1, 0.15) is 5.82 Å². The summed E-state index contributed by atoms with van der Waals surface area (Å²) in [5.41, 5.74) is 3.96. The molecule has 0 heterocycles. The summed E-state index contributed by atoms with van der Waals surface area (Å²) >= 11 is 0. The van der Waals surface area contributed by atoms with E-state index < -0.39 is 0 Å². The number of nitrogens with one attached hydrogen (secondary N) is 1. The van der Waals surface area contributed by atoms with Crippen molar-refractivity contribution in [1.82, 2.24) is 5.43 Å². The number of nitrogens with two attached hydrogens (primary N) is 1. The molecule has 3 unspecified atom stereocenters. The predicted octanol–water partition coefficient (Wildman–Crippen LogP) is 3.03. The summed E-state index contributed by atoms with van der Waals surface area (Å²) in [5.74, 6) is 6.92. The van der Waals surface area contributed by atoms with Gasteiger partial charge >= 0.3 is 0 Å². The first-order valence-electron chi connectivity index (χ1n) is 6.89. The Morgan fingerprint density at radius 3 is 2.94 bits per heavy atom. The Kier molecular flexibility index (Phi) is 4.72. The van der Waals surface area contributed by atoms with Crippen LogP contribution in [-0.4, -0.2) is 6.04 Å².